The zero-order valence-electron chi connectivity index (χ0n) is 13.7. The molecule has 0 spiro atoms. The average Bonchev–Trinajstić information content (AvgIpc) is 3.10. The Morgan fingerprint density at radius 2 is 2.22 bits per heavy atom. The molecule has 0 aromatic carbocycles. The molecule has 0 atom stereocenters. The second-order valence-corrected chi connectivity index (χ2v) is 6.11. The number of rotatable bonds is 7. The third-order valence-electron chi connectivity index (χ3n) is 3.54. The number of carbonyl (C=O) groups is 1. The SMILES string of the molecule is CCn1cc(/C=C/C(=O)NCCCn2nc(C)c(Br)c2C)cn1. The molecular formula is C16H22BrN5O. The van der Waals surface area contributed by atoms with Gasteiger partial charge < -0.3 is 5.32 Å². The zero-order chi connectivity index (χ0) is 16.8. The van der Waals surface area contributed by atoms with E-state index >= 15 is 0 Å². The second kappa shape index (κ2) is 8.10. The highest BCUT2D eigenvalue weighted by molar-refractivity contribution is 9.10. The first kappa shape index (κ1) is 17.5. The number of aryl methyl sites for hydroxylation is 3. The Morgan fingerprint density at radius 3 is 2.83 bits per heavy atom. The van der Waals surface area contributed by atoms with Gasteiger partial charge in [-0.05, 0) is 49.2 Å². The van der Waals surface area contributed by atoms with E-state index in [0.717, 1.165) is 40.9 Å². The summed E-state index contributed by atoms with van der Waals surface area (Å²) < 4.78 is 4.84. The molecule has 1 amide bonds. The molecule has 2 aromatic heterocycles. The van der Waals surface area contributed by atoms with Crippen molar-refractivity contribution >= 4 is 27.9 Å². The normalized spacial score (nSPS) is 11.3. The number of aromatic nitrogens is 4. The van der Waals surface area contributed by atoms with E-state index in [1.54, 1.807) is 12.3 Å². The van der Waals surface area contributed by atoms with Gasteiger partial charge in [0.15, 0.2) is 0 Å². The summed E-state index contributed by atoms with van der Waals surface area (Å²) >= 11 is 3.51. The number of halogens is 1. The maximum Gasteiger partial charge on any atom is 0.244 e. The molecule has 2 heterocycles. The summed E-state index contributed by atoms with van der Waals surface area (Å²) in [6.45, 7) is 8.25. The van der Waals surface area contributed by atoms with Crippen LogP contribution in [0.4, 0.5) is 0 Å². The van der Waals surface area contributed by atoms with Crippen molar-refractivity contribution in [2.24, 2.45) is 0 Å². The molecule has 0 saturated carbocycles. The van der Waals surface area contributed by atoms with Gasteiger partial charge in [0, 0.05) is 43.2 Å². The number of hydrogen-bond donors (Lipinski definition) is 1. The Hall–Kier alpha value is -1.89. The quantitative estimate of drug-likeness (QED) is 0.593. The van der Waals surface area contributed by atoms with Crippen molar-refractivity contribution in [1.82, 2.24) is 24.9 Å². The largest absolute Gasteiger partial charge is 0.352 e. The molecule has 23 heavy (non-hydrogen) atoms. The molecule has 6 nitrogen and oxygen atoms in total. The van der Waals surface area contributed by atoms with Crippen LogP contribution in [0, 0.1) is 13.8 Å². The van der Waals surface area contributed by atoms with Gasteiger partial charge in [-0.15, -0.1) is 0 Å². The predicted octanol–water partition coefficient (Wildman–Crippen LogP) is 2.70. The van der Waals surface area contributed by atoms with E-state index in [0.29, 0.717) is 6.54 Å². The van der Waals surface area contributed by atoms with E-state index in [4.69, 9.17) is 0 Å². The average molecular weight is 380 g/mol. The number of nitrogens with zero attached hydrogens (tertiary/aromatic N) is 4. The molecule has 1 N–H and O–H groups in total. The Morgan fingerprint density at radius 1 is 1.43 bits per heavy atom. The van der Waals surface area contributed by atoms with Crippen LogP contribution < -0.4 is 5.32 Å². The van der Waals surface area contributed by atoms with Crippen LogP contribution in [0.1, 0.15) is 30.3 Å². The van der Waals surface area contributed by atoms with Gasteiger partial charge in [0.2, 0.25) is 5.91 Å². The fourth-order valence-corrected chi connectivity index (χ4v) is 2.49. The van der Waals surface area contributed by atoms with Gasteiger partial charge in [-0.25, -0.2) is 0 Å². The molecule has 124 valence electrons. The van der Waals surface area contributed by atoms with Crippen LogP contribution in [-0.4, -0.2) is 32.0 Å². The maximum atomic E-state index is 11.8. The number of nitrogens with one attached hydrogen (secondary N) is 1. The second-order valence-electron chi connectivity index (χ2n) is 5.32. The number of carbonyl (C=O) groups excluding carboxylic acids is 1. The monoisotopic (exact) mass is 379 g/mol. The molecule has 0 saturated heterocycles. The lowest BCUT2D eigenvalue weighted by Gasteiger charge is -2.05. The lowest BCUT2D eigenvalue weighted by atomic mass is 10.3. The van der Waals surface area contributed by atoms with E-state index in [1.165, 1.54) is 6.08 Å². The van der Waals surface area contributed by atoms with Gasteiger partial charge in [0.05, 0.1) is 16.4 Å². The Balaban J connectivity index is 1.73. The summed E-state index contributed by atoms with van der Waals surface area (Å²) in [5, 5.41) is 11.5. The van der Waals surface area contributed by atoms with Crippen LogP contribution >= 0.6 is 15.9 Å². The van der Waals surface area contributed by atoms with E-state index in [2.05, 4.69) is 31.4 Å². The zero-order valence-corrected chi connectivity index (χ0v) is 15.3. The minimum absolute atomic E-state index is 0.0937. The summed E-state index contributed by atoms with van der Waals surface area (Å²) in [4.78, 5) is 11.8. The summed E-state index contributed by atoms with van der Waals surface area (Å²) in [6.07, 6.45) is 7.80. The van der Waals surface area contributed by atoms with Crippen LogP contribution in [0.5, 0.6) is 0 Å². The maximum absolute atomic E-state index is 11.8. The van der Waals surface area contributed by atoms with E-state index in [-0.39, 0.29) is 5.91 Å². The summed E-state index contributed by atoms with van der Waals surface area (Å²) in [5.41, 5.74) is 3.03. The minimum atomic E-state index is -0.0937. The van der Waals surface area contributed by atoms with E-state index in [9.17, 15) is 4.79 Å². The molecule has 7 heteroatoms. The van der Waals surface area contributed by atoms with Crippen molar-refractivity contribution < 1.29 is 4.79 Å². The fraction of sp³-hybridized carbons (Fsp3) is 0.438. The predicted molar refractivity (Wildman–Crippen MR) is 94.0 cm³/mol. The van der Waals surface area contributed by atoms with Crippen LogP contribution in [0.15, 0.2) is 22.9 Å². The van der Waals surface area contributed by atoms with Crippen molar-refractivity contribution in [3.63, 3.8) is 0 Å². The number of hydrogen-bond acceptors (Lipinski definition) is 3. The van der Waals surface area contributed by atoms with Crippen molar-refractivity contribution in [2.75, 3.05) is 6.54 Å². The van der Waals surface area contributed by atoms with Gasteiger partial charge in [0.1, 0.15) is 0 Å². The van der Waals surface area contributed by atoms with Gasteiger partial charge in [-0.2, -0.15) is 10.2 Å². The third kappa shape index (κ3) is 4.79. The smallest absolute Gasteiger partial charge is 0.244 e. The first-order valence-corrected chi connectivity index (χ1v) is 8.48. The van der Waals surface area contributed by atoms with E-state index < -0.39 is 0 Å². The molecule has 0 radical (unpaired) electrons. The summed E-state index contributed by atoms with van der Waals surface area (Å²) in [5.74, 6) is -0.0937. The van der Waals surface area contributed by atoms with Gasteiger partial charge in [-0.3, -0.25) is 14.2 Å². The topological polar surface area (TPSA) is 64.7 Å². The Bertz CT molecular complexity index is 701. The van der Waals surface area contributed by atoms with E-state index in [1.807, 2.05) is 36.3 Å². The molecule has 0 bridgehead atoms. The lowest BCUT2D eigenvalue weighted by Crippen LogP contribution is -2.23. The molecule has 0 aliphatic rings. The summed E-state index contributed by atoms with van der Waals surface area (Å²) in [6, 6.07) is 0. The van der Waals surface area contributed by atoms with Gasteiger partial charge in [0.25, 0.3) is 0 Å². The molecule has 0 fully saturated rings. The summed E-state index contributed by atoms with van der Waals surface area (Å²) in [7, 11) is 0. The Kier molecular flexibility index (Phi) is 6.15. The molecule has 0 aliphatic carbocycles. The van der Waals surface area contributed by atoms with Gasteiger partial charge in [-0.1, -0.05) is 0 Å². The minimum Gasteiger partial charge on any atom is -0.352 e. The molecule has 2 aromatic rings. The highest BCUT2D eigenvalue weighted by atomic mass is 79.9. The third-order valence-corrected chi connectivity index (χ3v) is 4.69. The van der Waals surface area contributed by atoms with Crippen molar-refractivity contribution in [3.8, 4) is 0 Å². The molecule has 0 aliphatic heterocycles. The molecular weight excluding hydrogens is 358 g/mol. The lowest BCUT2D eigenvalue weighted by molar-refractivity contribution is -0.116. The van der Waals surface area contributed by atoms with Gasteiger partial charge >= 0.3 is 0 Å². The Labute approximate surface area is 144 Å². The van der Waals surface area contributed by atoms with Crippen LogP contribution in [-0.2, 0) is 17.9 Å². The molecule has 0 unspecified atom stereocenters. The first-order valence-electron chi connectivity index (χ1n) is 7.69. The highest BCUT2D eigenvalue weighted by Gasteiger charge is 2.07. The van der Waals surface area contributed by atoms with Crippen molar-refractivity contribution in [2.45, 2.75) is 40.3 Å². The first-order chi connectivity index (χ1) is 11.0. The molecule has 2 rings (SSSR count). The standard InChI is InChI=1S/C16H22BrN5O/c1-4-21-11-14(10-19-21)6-7-15(23)18-8-5-9-22-13(3)16(17)12(2)20-22/h6-7,10-11H,4-5,8-9H2,1-3H3,(H,18,23)/b7-6+. The fourth-order valence-electron chi connectivity index (χ4n) is 2.20. The number of amides is 1. The van der Waals surface area contributed by atoms with Crippen LogP contribution in [0.3, 0.4) is 0 Å². The van der Waals surface area contributed by atoms with Crippen LogP contribution in [0.25, 0.3) is 6.08 Å². The highest BCUT2D eigenvalue weighted by Crippen LogP contribution is 2.19. The van der Waals surface area contributed by atoms with Crippen LogP contribution in [0.2, 0.25) is 0 Å². The van der Waals surface area contributed by atoms with Crippen molar-refractivity contribution in [1.29, 1.82) is 0 Å². The van der Waals surface area contributed by atoms with Crippen molar-refractivity contribution in [3.05, 3.63) is 39.9 Å².